The summed E-state index contributed by atoms with van der Waals surface area (Å²) in [5.74, 6) is -3.73. The van der Waals surface area contributed by atoms with E-state index in [0.29, 0.717) is 19.3 Å². The number of benzene rings is 3. The van der Waals surface area contributed by atoms with E-state index >= 15 is 0 Å². The summed E-state index contributed by atoms with van der Waals surface area (Å²) in [4.78, 5) is 88.6. The lowest BCUT2D eigenvalue weighted by molar-refractivity contribution is -0.137. The van der Waals surface area contributed by atoms with Crippen molar-refractivity contribution in [1.82, 2.24) is 31.6 Å². The summed E-state index contributed by atoms with van der Waals surface area (Å²) < 4.78 is 0. The molecule has 1 heterocycles. The van der Waals surface area contributed by atoms with Crippen LogP contribution in [0.15, 0.2) is 90.1 Å². The fourth-order valence-corrected chi connectivity index (χ4v) is 7.35. The number of aliphatic imine (C=N–C) groups is 1. The fraction of sp³-hybridized carbons (Fsp3) is 0.372. The average Bonchev–Trinajstić information content (AvgIpc) is 3.63. The number of hydrogen-bond acceptors (Lipinski definition) is 7. The van der Waals surface area contributed by atoms with Crippen LogP contribution in [0.3, 0.4) is 0 Å². The summed E-state index contributed by atoms with van der Waals surface area (Å²) in [6.45, 7) is 1.57. The van der Waals surface area contributed by atoms with Gasteiger partial charge in [0.1, 0.15) is 23.7 Å². The number of nitrogens with zero attached hydrogens (tertiary/aromatic N) is 1. The third-order valence-corrected chi connectivity index (χ3v) is 10.4. The van der Waals surface area contributed by atoms with Gasteiger partial charge in [0.2, 0.25) is 35.4 Å². The van der Waals surface area contributed by atoms with Crippen molar-refractivity contribution in [2.45, 2.75) is 88.4 Å². The standard InChI is InChI=1S/C43H54N10O6/c1-2-11-37(55)53-43(20-19-28-14-6-7-15-29(28)24-43)41(59)52-34(22-27-12-4-3-5-13-27)40(58)50-33(18-10-21-47-42(45)46)39(57)51-35(38(56)49-26-36(44)54)23-30-25-48-32-17-9-8-16-31(30)32/h3-9,12-17,25,33-35,48H,2,10-11,18-24,26H2,1H3,(H2,44,54)(H,49,56)(H,50,58)(H,51,57)(H,52,59)(H,53,55)(H4,45,46,47)/t33-,34+,35-,43-/m0/s1. The van der Waals surface area contributed by atoms with Crippen LogP contribution in [0.25, 0.3) is 10.9 Å². The second kappa shape index (κ2) is 20.6. The van der Waals surface area contributed by atoms with Crippen LogP contribution in [0, 0.1) is 0 Å². The summed E-state index contributed by atoms with van der Waals surface area (Å²) in [6, 6.07) is 20.7. The summed E-state index contributed by atoms with van der Waals surface area (Å²) in [5.41, 5.74) is 19.4. The molecule has 4 atom stereocenters. The molecule has 59 heavy (non-hydrogen) atoms. The Hall–Kier alpha value is -6.71. The zero-order chi connectivity index (χ0) is 42.4. The number of aromatic amines is 1. The van der Waals surface area contributed by atoms with Gasteiger partial charge in [-0.05, 0) is 60.4 Å². The Morgan fingerprint density at radius 2 is 1.44 bits per heavy atom. The van der Waals surface area contributed by atoms with Gasteiger partial charge in [-0.2, -0.15) is 0 Å². The zero-order valence-electron chi connectivity index (χ0n) is 33.2. The number of carbonyl (C=O) groups is 6. The second-order valence-corrected chi connectivity index (χ2v) is 14.9. The van der Waals surface area contributed by atoms with Crippen LogP contribution in [-0.4, -0.2) is 83.1 Å². The molecule has 0 unspecified atom stereocenters. The molecular weight excluding hydrogens is 753 g/mol. The molecule has 1 aromatic heterocycles. The van der Waals surface area contributed by atoms with Gasteiger partial charge in [0.15, 0.2) is 5.96 Å². The number of rotatable bonds is 20. The quantitative estimate of drug-likeness (QED) is 0.0351. The molecule has 3 aromatic carbocycles. The zero-order valence-corrected chi connectivity index (χ0v) is 33.2. The molecule has 0 bridgehead atoms. The first-order valence-corrected chi connectivity index (χ1v) is 19.9. The Morgan fingerprint density at radius 3 is 2.17 bits per heavy atom. The van der Waals surface area contributed by atoms with Crippen LogP contribution in [0.4, 0.5) is 0 Å². The number of fused-ring (bicyclic) bond motifs is 2. The summed E-state index contributed by atoms with van der Waals surface area (Å²) in [7, 11) is 0. The largest absolute Gasteiger partial charge is 0.370 e. The van der Waals surface area contributed by atoms with Crippen molar-refractivity contribution in [2.24, 2.45) is 22.2 Å². The normalized spacial score (nSPS) is 16.0. The van der Waals surface area contributed by atoms with Crippen LogP contribution in [-0.2, 0) is 54.5 Å². The van der Waals surface area contributed by atoms with E-state index in [2.05, 4.69) is 36.6 Å². The topological polar surface area (TPSA) is 269 Å². The minimum atomic E-state index is -1.33. The first-order chi connectivity index (χ1) is 28.4. The molecule has 4 aromatic rings. The Balaban J connectivity index is 1.43. The van der Waals surface area contributed by atoms with Gasteiger partial charge in [0.05, 0.1) is 6.54 Å². The van der Waals surface area contributed by atoms with E-state index in [1.165, 1.54) is 0 Å². The second-order valence-electron chi connectivity index (χ2n) is 14.9. The first kappa shape index (κ1) is 43.4. The molecule has 1 aliphatic carbocycles. The molecule has 0 aliphatic heterocycles. The summed E-state index contributed by atoms with van der Waals surface area (Å²) >= 11 is 0. The van der Waals surface area contributed by atoms with Crippen LogP contribution >= 0.6 is 0 Å². The lowest BCUT2D eigenvalue weighted by atomic mass is 9.77. The minimum absolute atomic E-state index is 0.0384. The van der Waals surface area contributed by atoms with Gasteiger partial charge in [0.25, 0.3) is 0 Å². The predicted octanol–water partition coefficient (Wildman–Crippen LogP) is 0.907. The Bertz CT molecular complexity index is 2150. The van der Waals surface area contributed by atoms with E-state index in [4.69, 9.17) is 17.2 Å². The predicted molar refractivity (Wildman–Crippen MR) is 224 cm³/mol. The van der Waals surface area contributed by atoms with E-state index in [9.17, 15) is 28.8 Å². The molecule has 5 rings (SSSR count). The highest BCUT2D eigenvalue weighted by Gasteiger charge is 2.44. The van der Waals surface area contributed by atoms with Gasteiger partial charge in [-0.3, -0.25) is 33.8 Å². The van der Waals surface area contributed by atoms with Crippen LogP contribution < -0.4 is 43.8 Å². The van der Waals surface area contributed by atoms with Crippen molar-refractivity contribution in [1.29, 1.82) is 0 Å². The Kier molecular flexibility index (Phi) is 15.2. The average molecular weight is 807 g/mol. The van der Waals surface area contributed by atoms with Gasteiger partial charge < -0.3 is 48.8 Å². The van der Waals surface area contributed by atoms with Gasteiger partial charge in [-0.25, -0.2) is 0 Å². The maximum absolute atomic E-state index is 14.5. The molecule has 16 heteroatoms. The van der Waals surface area contributed by atoms with E-state index in [1.807, 2.05) is 85.8 Å². The molecule has 0 saturated carbocycles. The number of carbonyl (C=O) groups excluding carboxylic acids is 6. The molecule has 16 nitrogen and oxygen atoms in total. The molecule has 0 fully saturated rings. The minimum Gasteiger partial charge on any atom is -0.370 e. The van der Waals surface area contributed by atoms with Crippen molar-refractivity contribution in [2.75, 3.05) is 13.1 Å². The maximum atomic E-state index is 14.5. The molecule has 6 amide bonds. The SMILES string of the molecule is CCCC(=O)N[C@@]1(C(=O)N[C@H](Cc2ccccc2)C(=O)N[C@@H](CCCN=C(N)N)C(=O)N[C@@H](Cc2c[nH]c3ccccc23)C(=O)NCC(N)=O)CCc2ccccc2C1. The maximum Gasteiger partial charge on any atom is 0.246 e. The van der Waals surface area contributed by atoms with Crippen LogP contribution in [0.1, 0.15) is 61.3 Å². The third kappa shape index (κ3) is 12.1. The fourth-order valence-electron chi connectivity index (χ4n) is 7.35. The lowest BCUT2D eigenvalue weighted by Gasteiger charge is -2.38. The van der Waals surface area contributed by atoms with E-state index in [1.54, 1.807) is 6.20 Å². The number of aryl methyl sites for hydroxylation is 1. The van der Waals surface area contributed by atoms with Gasteiger partial charge in [-0.1, -0.05) is 79.7 Å². The van der Waals surface area contributed by atoms with Gasteiger partial charge in [0, 0.05) is 49.3 Å². The molecule has 12 N–H and O–H groups in total. The van der Waals surface area contributed by atoms with Crippen molar-refractivity contribution < 1.29 is 28.8 Å². The molecular formula is C43H54N10O6. The summed E-state index contributed by atoms with van der Waals surface area (Å²) in [6.07, 6.45) is 4.05. The number of guanidine groups is 1. The van der Waals surface area contributed by atoms with Crippen molar-refractivity contribution >= 4 is 52.3 Å². The number of para-hydroxylation sites is 1. The van der Waals surface area contributed by atoms with E-state index in [-0.39, 0.29) is 56.9 Å². The highest BCUT2D eigenvalue weighted by atomic mass is 16.2. The smallest absolute Gasteiger partial charge is 0.246 e. The van der Waals surface area contributed by atoms with E-state index < -0.39 is 59.7 Å². The number of hydrogen-bond donors (Lipinski definition) is 9. The van der Waals surface area contributed by atoms with Gasteiger partial charge >= 0.3 is 0 Å². The van der Waals surface area contributed by atoms with Crippen molar-refractivity contribution in [3.05, 3.63) is 107 Å². The molecule has 0 spiro atoms. The number of nitrogens with two attached hydrogens (primary N) is 3. The highest BCUT2D eigenvalue weighted by molar-refractivity contribution is 5.98. The molecule has 0 radical (unpaired) electrons. The third-order valence-electron chi connectivity index (χ3n) is 10.4. The highest BCUT2D eigenvalue weighted by Crippen LogP contribution is 2.30. The first-order valence-electron chi connectivity index (χ1n) is 19.9. The number of aromatic nitrogens is 1. The van der Waals surface area contributed by atoms with Crippen LogP contribution in [0.5, 0.6) is 0 Å². The number of nitrogens with one attached hydrogen (secondary N) is 6. The number of amides is 6. The van der Waals surface area contributed by atoms with E-state index in [0.717, 1.165) is 33.2 Å². The van der Waals surface area contributed by atoms with Crippen molar-refractivity contribution in [3.8, 4) is 0 Å². The molecule has 1 aliphatic rings. The number of primary amides is 1. The molecule has 0 saturated heterocycles. The Morgan fingerprint density at radius 1 is 0.780 bits per heavy atom. The number of H-pyrrole nitrogens is 1. The monoisotopic (exact) mass is 806 g/mol. The summed E-state index contributed by atoms with van der Waals surface area (Å²) in [5, 5.41) is 14.9. The lowest BCUT2D eigenvalue weighted by Crippen LogP contribution is -2.65. The molecule has 312 valence electrons. The van der Waals surface area contributed by atoms with Gasteiger partial charge in [-0.15, -0.1) is 0 Å². The Labute approximate surface area is 342 Å². The van der Waals surface area contributed by atoms with Crippen molar-refractivity contribution in [3.63, 3.8) is 0 Å². The van der Waals surface area contributed by atoms with Crippen LogP contribution in [0.2, 0.25) is 0 Å².